The molecule has 1 atom stereocenters. The Bertz CT molecular complexity index is 547. The summed E-state index contributed by atoms with van der Waals surface area (Å²) >= 11 is 2.30. The van der Waals surface area contributed by atoms with Crippen LogP contribution in [0.4, 0.5) is 0 Å². The highest BCUT2D eigenvalue weighted by Crippen LogP contribution is 2.34. The number of para-hydroxylation sites is 1. The van der Waals surface area contributed by atoms with Crippen molar-refractivity contribution in [2.75, 3.05) is 0 Å². The number of aromatic nitrogens is 1. The fourth-order valence-electron chi connectivity index (χ4n) is 1.40. The van der Waals surface area contributed by atoms with E-state index < -0.39 is 11.2 Å². The van der Waals surface area contributed by atoms with Crippen LogP contribution in [0.2, 0.25) is 0 Å². The standard InChI is InChI=1S/C11H10N2O2S2/c1-6(14)16-9(10(12)15)11-13-7-4-2-3-5-8(7)17-11/h2-5,9H,1H3,(H2,12,15)/t9-/m0/s1. The summed E-state index contributed by atoms with van der Waals surface area (Å²) in [6.45, 7) is 1.41. The van der Waals surface area contributed by atoms with E-state index >= 15 is 0 Å². The van der Waals surface area contributed by atoms with E-state index in [0.29, 0.717) is 5.01 Å². The van der Waals surface area contributed by atoms with Crippen molar-refractivity contribution in [2.24, 2.45) is 5.73 Å². The van der Waals surface area contributed by atoms with Crippen LogP contribution in [0.3, 0.4) is 0 Å². The second-order valence-corrected chi connectivity index (χ2v) is 5.76. The van der Waals surface area contributed by atoms with Gasteiger partial charge in [0.05, 0.1) is 10.2 Å². The second kappa shape index (κ2) is 4.85. The maximum absolute atomic E-state index is 11.3. The summed E-state index contributed by atoms with van der Waals surface area (Å²) < 4.78 is 0.984. The van der Waals surface area contributed by atoms with Gasteiger partial charge in [0.25, 0.3) is 0 Å². The van der Waals surface area contributed by atoms with Crippen molar-refractivity contribution in [3.05, 3.63) is 29.3 Å². The zero-order chi connectivity index (χ0) is 12.4. The molecule has 0 bridgehead atoms. The third-order valence-corrected chi connectivity index (χ3v) is 4.35. The van der Waals surface area contributed by atoms with Gasteiger partial charge in [-0.2, -0.15) is 0 Å². The van der Waals surface area contributed by atoms with Crippen LogP contribution in [-0.2, 0) is 9.59 Å². The van der Waals surface area contributed by atoms with Crippen molar-refractivity contribution in [1.29, 1.82) is 0 Å². The van der Waals surface area contributed by atoms with Crippen molar-refractivity contribution in [1.82, 2.24) is 4.98 Å². The van der Waals surface area contributed by atoms with Gasteiger partial charge in [-0.1, -0.05) is 23.9 Å². The number of primary amides is 1. The number of carbonyl (C=O) groups excluding carboxylic acids is 2. The smallest absolute Gasteiger partial charge is 0.238 e. The molecular formula is C11H10N2O2S2. The number of thioether (sulfide) groups is 1. The lowest BCUT2D eigenvalue weighted by Crippen LogP contribution is -2.19. The molecule has 0 spiro atoms. The molecule has 0 aliphatic heterocycles. The van der Waals surface area contributed by atoms with Gasteiger partial charge in [0.2, 0.25) is 5.91 Å². The molecule has 1 aromatic heterocycles. The minimum Gasteiger partial charge on any atom is -0.368 e. The van der Waals surface area contributed by atoms with Crippen LogP contribution in [0.5, 0.6) is 0 Å². The van der Waals surface area contributed by atoms with Crippen LogP contribution in [0.15, 0.2) is 24.3 Å². The molecule has 0 saturated heterocycles. The minimum atomic E-state index is -0.690. The third-order valence-electron chi connectivity index (χ3n) is 2.08. The highest BCUT2D eigenvalue weighted by molar-refractivity contribution is 8.14. The van der Waals surface area contributed by atoms with E-state index in [9.17, 15) is 9.59 Å². The molecule has 88 valence electrons. The van der Waals surface area contributed by atoms with Crippen LogP contribution in [0.25, 0.3) is 10.2 Å². The zero-order valence-corrected chi connectivity index (χ0v) is 10.7. The molecular weight excluding hydrogens is 256 g/mol. The van der Waals surface area contributed by atoms with E-state index in [1.54, 1.807) is 0 Å². The molecule has 0 radical (unpaired) electrons. The largest absolute Gasteiger partial charge is 0.368 e. The van der Waals surface area contributed by atoms with E-state index in [-0.39, 0.29) is 5.12 Å². The fourth-order valence-corrected chi connectivity index (χ4v) is 3.25. The summed E-state index contributed by atoms with van der Waals surface area (Å²) in [5.74, 6) is -0.538. The van der Waals surface area contributed by atoms with E-state index in [1.807, 2.05) is 24.3 Å². The summed E-state index contributed by atoms with van der Waals surface area (Å²) in [5, 5.41) is -0.253. The van der Waals surface area contributed by atoms with E-state index in [2.05, 4.69) is 4.98 Å². The molecule has 4 nitrogen and oxygen atoms in total. The average molecular weight is 266 g/mol. The Morgan fingerprint density at radius 3 is 2.71 bits per heavy atom. The molecule has 0 aliphatic rings. The highest BCUT2D eigenvalue weighted by Gasteiger charge is 2.24. The van der Waals surface area contributed by atoms with Gasteiger partial charge in [-0.3, -0.25) is 9.59 Å². The van der Waals surface area contributed by atoms with Gasteiger partial charge < -0.3 is 5.73 Å². The minimum absolute atomic E-state index is 0.145. The average Bonchev–Trinajstić information content (AvgIpc) is 2.68. The van der Waals surface area contributed by atoms with E-state index in [0.717, 1.165) is 22.0 Å². The van der Waals surface area contributed by atoms with Crippen LogP contribution in [0, 0.1) is 0 Å². The van der Waals surface area contributed by atoms with Gasteiger partial charge >= 0.3 is 0 Å². The van der Waals surface area contributed by atoms with Gasteiger partial charge in [-0.05, 0) is 12.1 Å². The molecule has 2 rings (SSSR count). The zero-order valence-electron chi connectivity index (χ0n) is 9.04. The Kier molecular flexibility index (Phi) is 3.44. The number of rotatable bonds is 3. The first-order valence-electron chi connectivity index (χ1n) is 4.90. The van der Waals surface area contributed by atoms with Crippen molar-refractivity contribution >= 4 is 44.3 Å². The van der Waals surface area contributed by atoms with E-state index in [1.165, 1.54) is 18.3 Å². The molecule has 2 aromatic rings. The Labute approximate surface area is 106 Å². The monoisotopic (exact) mass is 266 g/mol. The first-order chi connectivity index (χ1) is 8.08. The molecule has 1 heterocycles. The van der Waals surface area contributed by atoms with Gasteiger partial charge in [-0.15, -0.1) is 11.3 Å². The summed E-state index contributed by atoms with van der Waals surface area (Å²) in [6.07, 6.45) is 0. The maximum Gasteiger partial charge on any atom is 0.238 e. The molecule has 0 fully saturated rings. The first-order valence-corrected chi connectivity index (χ1v) is 6.59. The molecule has 2 N–H and O–H groups in total. The topological polar surface area (TPSA) is 73.1 Å². The number of nitrogens with zero attached hydrogens (tertiary/aromatic N) is 1. The number of hydrogen-bond donors (Lipinski definition) is 1. The fraction of sp³-hybridized carbons (Fsp3) is 0.182. The predicted molar refractivity (Wildman–Crippen MR) is 69.8 cm³/mol. The van der Waals surface area contributed by atoms with Crippen LogP contribution in [-0.4, -0.2) is 16.0 Å². The molecule has 6 heteroatoms. The lowest BCUT2D eigenvalue weighted by Gasteiger charge is -2.06. The van der Waals surface area contributed by atoms with Crippen molar-refractivity contribution in [3.8, 4) is 0 Å². The normalized spacial score (nSPS) is 12.5. The summed E-state index contributed by atoms with van der Waals surface area (Å²) in [7, 11) is 0. The lowest BCUT2D eigenvalue weighted by molar-refractivity contribution is -0.118. The SMILES string of the molecule is CC(=O)S[C@@H](C(N)=O)c1nc2ccccc2s1. The summed E-state index contributed by atoms with van der Waals surface area (Å²) in [5.41, 5.74) is 6.12. The molecule has 0 unspecified atom stereocenters. The van der Waals surface area contributed by atoms with Crippen molar-refractivity contribution in [3.63, 3.8) is 0 Å². The van der Waals surface area contributed by atoms with Crippen LogP contribution >= 0.6 is 23.1 Å². The predicted octanol–water partition coefficient (Wildman–Crippen LogP) is 2.10. The Morgan fingerprint density at radius 1 is 1.41 bits per heavy atom. The Balaban J connectivity index is 2.41. The summed E-state index contributed by atoms with van der Waals surface area (Å²) in [6, 6.07) is 7.57. The van der Waals surface area contributed by atoms with E-state index in [4.69, 9.17) is 5.73 Å². The molecule has 1 amide bonds. The van der Waals surface area contributed by atoms with Crippen LogP contribution in [0.1, 0.15) is 17.2 Å². The second-order valence-electron chi connectivity index (χ2n) is 3.41. The van der Waals surface area contributed by atoms with Gasteiger partial charge in [0, 0.05) is 6.92 Å². The Hall–Kier alpha value is -1.40. The number of amides is 1. The molecule has 0 aliphatic carbocycles. The number of hydrogen-bond acceptors (Lipinski definition) is 5. The number of thiazole rings is 1. The molecule has 0 saturated carbocycles. The third kappa shape index (κ3) is 2.65. The van der Waals surface area contributed by atoms with Gasteiger partial charge in [0.1, 0.15) is 10.3 Å². The quantitative estimate of drug-likeness (QED) is 0.923. The van der Waals surface area contributed by atoms with Crippen molar-refractivity contribution < 1.29 is 9.59 Å². The lowest BCUT2D eigenvalue weighted by atomic mass is 10.3. The molecule has 1 aromatic carbocycles. The number of fused-ring (bicyclic) bond motifs is 1. The van der Waals surface area contributed by atoms with Crippen LogP contribution < -0.4 is 5.73 Å². The van der Waals surface area contributed by atoms with Crippen molar-refractivity contribution in [2.45, 2.75) is 12.2 Å². The Morgan fingerprint density at radius 2 is 2.12 bits per heavy atom. The molecule has 17 heavy (non-hydrogen) atoms. The number of benzene rings is 1. The number of carbonyl (C=O) groups is 2. The highest BCUT2D eigenvalue weighted by atomic mass is 32.2. The number of nitrogens with two attached hydrogens (primary N) is 1. The first kappa shape index (κ1) is 12.1. The maximum atomic E-state index is 11.3. The van der Waals surface area contributed by atoms with Gasteiger partial charge in [0.15, 0.2) is 5.12 Å². The summed E-state index contributed by atoms with van der Waals surface area (Å²) in [4.78, 5) is 26.7. The van der Waals surface area contributed by atoms with Gasteiger partial charge in [-0.25, -0.2) is 4.98 Å².